The summed E-state index contributed by atoms with van der Waals surface area (Å²) in [7, 11) is 0. The number of hydrazone groups is 1. The van der Waals surface area contributed by atoms with E-state index < -0.39 is 24.2 Å². The topological polar surface area (TPSA) is 290 Å². The summed E-state index contributed by atoms with van der Waals surface area (Å²) in [5.41, 5.74) is 7.81. The molecule has 290 valence electrons. The minimum atomic E-state index is -1.22. The highest BCUT2D eigenvalue weighted by Gasteiger charge is 2.36. The van der Waals surface area contributed by atoms with Gasteiger partial charge in [0.2, 0.25) is 23.6 Å². The molecule has 0 spiro atoms. The lowest BCUT2D eigenvalue weighted by molar-refractivity contribution is -0.143. The number of nitrogens with one attached hydrogen (secondary N) is 7. The van der Waals surface area contributed by atoms with Gasteiger partial charge in [-0.15, -0.1) is 0 Å². The zero-order chi connectivity index (χ0) is 37.9. The normalized spacial score (nSPS) is 22.0. The number of aliphatic carboxylic acids is 1. The van der Waals surface area contributed by atoms with Gasteiger partial charge in [-0.2, -0.15) is 5.10 Å². The SMILES string of the molecule is CCC(=O)N(CCCCCCN=CC(CCC=O)=NN)CCNC(=O)CCC(NC(=O)C1CC=C(NC2NC3=C(O)NC(N)NC3N2)CC1)C(=O)O. The number of rotatable bonds is 23. The summed E-state index contributed by atoms with van der Waals surface area (Å²) in [5.74, 6) is 2.87. The Balaban J connectivity index is 1.32. The first-order chi connectivity index (χ1) is 25.0. The molecule has 0 radical (unpaired) electrons. The Labute approximate surface area is 303 Å². The van der Waals surface area contributed by atoms with Crippen molar-refractivity contribution in [2.24, 2.45) is 27.6 Å². The highest BCUT2D eigenvalue weighted by molar-refractivity contribution is 6.30. The van der Waals surface area contributed by atoms with Gasteiger partial charge in [-0.3, -0.25) is 35.7 Å². The van der Waals surface area contributed by atoms with Gasteiger partial charge in [0.15, 0.2) is 6.29 Å². The predicted octanol–water partition coefficient (Wildman–Crippen LogP) is -1.15. The maximum absolute atomic E-state index is 13.0. The lowest BCUT2D eigenvalue weighted by Crippen LogP contribution is -2.60. The third-order valence-corrected chi connectivity index (χ3v) is 8.95. The summed E-state index contributed by atoms with van der Waals surface area (Å²) < 4.78 is 0. The smallest absolute Gasteiger partial charge is 0.326 e. The second-order valence-electron chi connectivity index (χ2n) is 12.9. The number of amides is 3. The van der Waals surface area contributed by atoms with Gasteiger partial charge in [0.05, 0.1) is 5.71 Å². The van der Waals surface area contributed by atoms with E-state index in [9.17, 15) is 34.2 Å². The van der Waals surface area contributed by atoms with Crippen LogP contribution in [0.5, 0.6) is 0 Å². The van der Waals surface area contributed by atoms with Crippen molar-refractivity contribution in [2.45, 2.75) is 109 Å². The second kappa shape index (κ2) is 22.2. The molecule has 3 aliphatic rings. The summed E-state index contributed by atoms with van der Waals surface area (Å²) in [6.07, 6.45) is 8.93. The summed E-state index contributed by atoms with van der Waals surface area (Å²) in [5, 5.41) is 44.2. The van der Waals surface area contributed by atoms with Crippen molar-refractivity contribution < 1.29 is 34.2 Å². The number of aliphatic imine (C=N–C) groups is 1. The highest BCUT2D eigenvalue weighted by Crippen LogP contribution is 2.23. The van der Waals surface area contributed by atoms with E-state index in [-0.39, 0.29) is 55.4 Å². The van der Waals surface area contributed by atoms with Crippen LogP contribution in [0.4, 0.5) is 0 Å². The van der Waals surface area contributed by atoms with Gasteiger partial charge in [-0.1, -0.05) is 25.8 Å². The summed E-state index contributed by atoms with van der Waals surface area (Å²) in [6, 6.07) is -1.22. The zero-order valence-electron chi connectivity index (χ0n) is 29.9. The fourth-order valence-corrected chi connectivity index (χ4v) is 6.00. The molecule has 2 aliphatic heterocycles. The number of nitrogens with two attached hydrogens (primary N) is 2. The van der Waals surface area contributed by atoms with Gasteiger partial charge in [-0.25, -0.2) is 4.79 Å². The van der Waals surface area contributed by atoms with E-state index >= 15 is 0 Å². The standard InChI is InChI=1S/C33H56N12O7/c1-2-26(48)45(17-6-4-3-5-15-36-20-23(44-35)8-7-19-46)18-16-37-25(47)14-13-24(31(51)52)39-29(49)21-9-11-22(12-10-21)38-33-40-27-28(42-33)41-32(34)43-30(27)50/h11,19-21,24,28,32-33,38,40-43,50H,2-10,12-18,34-35H2,1H3,(H,37,47)(H,39,49)(H,51,52). The second-order valence-corrected chi connectivity index (χ2v) is 12.9. The Morgan fingerprint density at radius 2 is 1.90 bits per heavy atom. The lowest BCUT2D eigenvalue weighted by atomic mass is 9.91. The van der Waals surface area contributed by atoms with Crippen LogP contribution in [0.2, 0.25) is 0 Å². The maximum Gasteiger partial charge on any atom is 0.326 e. The van der Waals surface area contributed by atoms with Crippen molar-refractivity contribution in [3.63, 3.8) is 0 Å². The van der Waals surface area contributed by atoms with Gasteiger partial charge >= 0.3 is 5.97 Å². The van der Waals surface area contributed by atoms with E-state index in [1.807, 2.05) is 6.08 Å². The lowest BCUT2D eigenvalue weighted by Gasteiger charge is -2.27. The number of hydrogen-bond acceptors (Lipinski definition) is 15. The monoisotopic (exact) mass is 732 g/mol. The highest BCUT2D eigenvalue weighted by atomic mass is 16.4. The fourth-order valence-electron chi connectivity index (χ4n) is 6.00. The van der Waals surface area contributed by atoms with Gasteiger partial charge in [-0.05, 0) is 44.9 Å². The molecule has 52 heavy (non-hydrogen) atoms. The van der Waals surface area contributed by atoms with Gasteiger partial charge in [0.25, 0.3) is 0 Å². The van der Waals surface area contributed by atoms with Crippen molar-refractivity contribution in [1.29, 1.82) is 0 Å². The Bertz CT molecular complexity index is 1350. The minimum absolute atomic E-state index is 0.0144. The molecule has 2 heterocycles. The van der Waals surface area contributed by atoms with Crippen LogP contribution >= 0.6 is 0 Å². The Morgan fingerprint density at radius 3 is 2.60 bits per heavy atom. The molecule has 5 unspecified atom stereocenters. The van der Waals surface area contributed by atoms with E-state index in [4.69, 9.17) is 11.6 Å². The van der Waals surface area contributed by atoms with E-state index in [0.29, 0.717) is 69.6 Å². The zero-order valence-corrected chi connectivity index (χ0v) is 29.9. The number of carbonyl (C=O) groups is 5. The van der Waals surface area contributed by atoms with Crippen molar-refractivity contribution >= 4 is 41.9 Å². The third kappa shape index (κ3) is 14.1. The Morgan fingerprint density at radius 1 is 1.12 bits per heavy atom. The molecule has 13 N–H and O–H groups in total. The minimum Gasteiger partial charge on any atom is -0.493 e. The molecule has 0 aromatic rings. The molecule has 5 atom stereocenters. The molecule has 1 aliphatic carbocycles. The Hall–Kier alpha value is -4.75. The first kappa shape index (κ1) is 41.7. The number of carboxylic acid groups (broad SMARTS) is 1. The largest absolute Gasteiger partial charge is 0.493 e. The Kier molecular flexibility index (Phi) is 17.8. The number of carbonyl (C=O) groups excluding carboxylic acids is 4. The number of carboxylic acids is 1. The average Bonchev–Trinajstić information content (AvgIpc) is 3.53. The molecule has 0 aromatic heterocycles. The van der Waals surface area contributed by atoms with Gasteiger partial charge in [0.1, 0.15) is 30.5 Å². The molecular formula is C33H56N12O7. The number of aliphatic hydroxyl groups excluding tert-OH is 1. The number of fused-ring (bicyclic) bond motifs is 1. The fraction of sp³-hybridized carbons (Fsp3) is 0.667. The molecule has 0 saturated carbocycles. The molecule has 3 rings (SSSR count). The summed E-state index contributed by atoms with van der Waals surface area (Å²) in [4.78, 5) is 66.4. The van der Waals surface area contributed by atoms with Crippen LogP contribution in [0.15, 0.2) is 33.4 Å². The average molecular weight is 733 g/mol. The van der Waals surface area contributed by atoms with Crippen molar-refractivity contribution in [3.8, 4) is 0 Å². The van der Waals surface area contributed by atoms with E-state index in [1.54, 1.807) is 18.0 Å². The molecular weight excluding hydrogens is 676 g/mol. The van der Waals surface area contributed by atoms with Crippen LogP contribution in [0.1, 0.15) is 84.0 Å². The first-order valence-corrected chi connectivity index (χ1v) is 18.0. The van der Waals surface area contributed by atoms with E-state index in [1.165, 1.54) is 0 Å². The van der Waals surface area contributed by atoms with Crippen molar-refractivity contribution in [1.82, 2.24) is 42.1 Å². The molecule has 1 saturated heterocycles. The third-order valence-electron chi connectivity index (χ3n) is 8.95. The van der Waals surface area contributed by atoms with Crippen molar-refractivity contribution in [3.05, 3.63) is 23.4 Å². The number of hydrogen-bond donors (Lipinski definition) is 11. The summed E-state index contributed by atoms with van der Waals surface area (Å²) in [6.45, 7) is 3.53. The number of aliphatic hydroxyl groups is 1. The van der Waals surface area contributed by atoms with Gasteiger partial charge in [0, 0.05) is 63.3 Å². The van der Waals surface area contributed by atoms with E-state index in [0.717, 1.165) is 37.7 Å². The van der Waals surface area contributed by atoms with Crippen LogP contribution in [0.25, 0.3) is 0 Å². The van der Waals surface area contributed by atoms with Crippen molar-refractivity contribution in [2.75, 3.05) is 26.2 Å². The molecule has 0 bridgehead atoms. The molecule has 0 aromatic carbocycles. The van der Waals surface area contributed by atoms with Crippen LogP contribution in [-0.4, -0.2) is 108 Å². The quantitative estimate of drug-likeness (QED) is 0.0195. The van der Waals surface area contributed by atoms with Crippen LogP contribution in [0.3, 0.4) is 0 Å². The van der Waals surface area contributed by atoms with Crippen LogP contribution < -0.4 is 48.8 Å². The van der Waals surface area contributed by atoms with Gasteiger partial charge < -0.3 is 52.3 Å². The maximum atomic E-state index is 13.0. The number of unbranched alkanes of at least 4 members (excludes halogenated alkanes) is 3. The van der Waals surface area contributed by atoms with Crippen LogP contribution in [-0.2, 0) is 24.0 Å². The number of allylic oxidation sites excluding steroid dienone is 2. The number of aldehydes is 1. The molecule has 3 amide bonds. The number of nitrogens with zero attached hydrogens (tertiary/aromatic N) is 3. The molecule has 19 heteroatoms. The molecule has 19 nitrogen and oxygen atoms in total. The van der Waals surface area contributed by atoms with E-state index in [2.05, 4.69) is 47.3 Å². The first-order valence-electron chi connectivity index (χ1n) is 18.0. The van der Waals surface area contributed by atoms with Crippen LogP contribution in [0, 0.1) is 5.92 Å². The molecule has 1 fully saturated rings. The summed E-state index contributed by atoms with van der Waals surface area (Å²) >= 11 is 0. The predicted molar refractivity (Wildman–Crippen MR) is 194 cm³/mol.